The number of rotatable bonds is 10. The number of piperazine rings is 2. The summed E-state index contributed by atoms with van der Waals surface area (Å²) in [6.07, 6.45) is 5.68. The molecule has 4 aromatic carbocycles. The van der Waals surface area contributed by atoms with Crippen LogP contribution in [0, 0.1) is 25.5 Å². The Hall–Kier alpha value is -5.52. The molecule has 0 saturated carbocycles. The van der Waals surface area contributed by atoms with Gasteiger partial charge in [-0.2, -0.15) is 0 Å². The van der Waals surface area contributed by atoms with Crippen molar-refractivity contribution in [3.63, 3.8) is 0 Å². The van der Waals surface area contributed by atoms with Gasteiger partial charge in [-0.25, -0.2) is 13.6 Å². The number of aliphatic carboxylic acids is 1. The van der Waals surface area contributed by atoms with E-state index in [1.54, 1.807) is 49.4 Å². The van der Waals surface area contributed by atoms with Gasteiger partial charge in [0.1, 0.15) is 11.6 Å². The summed E-state index contributed by atoms with van der Waals surface area (Å²) >= 11 is 12.1. The molecule has 4 unspecified atom stereocenters. The van der Waals surface area contributed by atoms with Crippen molar-refractivity contribution in [1.82, 2.24) is 20.0 Å². The van der Waals surface area contributed by atoms with E-state index in [4.69, 9.17) is 37.8 Å². The van der Waals surface area contributed by atoms with Crippen LogP contribution in [0.3, 0.4) is 0 Å². The van der Waals surface area contributed by atoms with Gasteiger partial charge in [-0.3, -0.25) is 24.2 Å². The van der Waals surface area contributed by atoms with Crippen LogP contribution in [0.1, 0.15) is 47.2 Å². The molecule has 0 aromatic heterocycles. The second-order valence-electron chi connectivity index (χ2n) is 16.9. The van der Waals surface area contributed by atoms with Gasteiger partial charge in [0.2, 0.25) is 17.7 Å². The fourth-order valence-electron chi connectivity index (χ4n) is 8.33. The first-order chi connectivity index (χ1) is 32.0. The van der Waals surface area contributed by atoms with E-state index in [2.05, 4.69) is 25.8 Å². The third-order valence-electron chi connectivity index (χ3n) is 11.7. The summed E-state index contributed by atoms with van der Waals surface area (Å²) in [5.74, 6) is -2.00. The molecule has 0 radical (unpaired) electrons. The van der Waals surface area contributed by atoms with Crippen LogP contribution >= 0.6 is 23.2 Å². The number of aryl methyl sites for hydroxylation is 2. The topological polar surface area (TPSA) is 153 Å². The highest BCUT2D eigenvalue weighted by molar-refractivity contribution is 6.32. The zero-order chi connectivity index (χ0) is 48.2. The highest BCUT2D eigenvalue weighted by Gasteiger charge is 2.39. The summed E-state index contributed by atoms with van der Waals surface area (Å²) in [5.41, 5.74) is 6.26. The lowest BCUT2D eigenvalue weighted by atomic mass is 10.0. The molecule has 3 amide bonds. The van der Waals surface area contributed by atoms with Crippen LogP contribution in [0.2, 0.25) is 10.0 Å². The molecule has 4 aliphatic heterocycles. The normalized spacial score (nSPS) is 20.3. The highest BCUT2D eigenvalue weighted by Crippen LogP contribution is 2.29. The number of fused-ring (bicyclic) bond motifs is 4. The molecular formula is C50H56Cl2F2N6O7. The van der Waals surface area contributed by atoms with E-state index < -0.39 is 5.97 Å². The highest BCUT2D eigenvalue weighted by atomic mass is 35.5. The van der Waals surface area contributed by atoms with Crippen molar-refractivity contribution in [3.05, 3.63) is 140 Å². The lowest BCUT2D eigenvalue weighted by molar-refractivity contribution is -0.141. The van der Waals surface area contributed by atoms with E-state index in [1.807, 2.05) is 30.0 Å². The Balaban J connectivity index is 0.000000183. The fourth-order valence-corrected chi connectivity index (χ4v) is 8.66. The van der Waals surface area contributed by atoms with Crippen molar-refractivity contribution >= 4 is 70.4 Å². The third-order valence-corrected chi connectivity index (χ3v) is 12.5. The number of hydrogen-bond donors (Lipinski definition) is 4. The molecule has 4 atom stereocenters. The molecule has 4 aliphatic rings. The number of carbonyl (C=O) groups is 4. The van der Waals surface area contributed by atoms with E-state index in [-0.39, 0.29) is 41.4 Å². The number of benzene rings is 4. The van der Waals surface area contributed by atoms with E-state index in [1.165, 1.54) is 49.8 Å². The second-order valence-corrected chi connectivity index (χ2v) is 17.7. The zero-order valence-corrected chi connectivity index (χ0v) is 39.4. The minimum Gasteiger partial charge on any atom is -0.478 e. The molecule has 4 fully saturated rings. The van der Waals surface area contributed by atoms with Crippen molar-refractivity contribution in [1.29, 1.82) is 0 Å². The van der Waals surface area contributed by atoms with Crippen LogP contribution in [-0.2, 0) is 41.7 Å². The Labute approximate surface area is 399 Å². The molecule has 4 N–H and O–H groups in total. The van der Waals surface area contributed by atoms with Crippen LogP contribution < -0.4 is 16.0 Å². The monoisotopic (exact) mass is 960 g/mol. The number of carboxylic acid groups (broad SMARTS) is 1. The van der Waals surface area contributed by atoms with E-state index >= 15 is 0 Å². The fraction of sp³-hybridized carbons (Fsp3) is 0.360. The molecule has 67 heavy (non-hydrogen) atoms. The van der Waals surface area contributed by atoms with Crippen molar-refractivity contribution < 1.29 is 42.5 Å². The van der Waals surface area contributed by atoms with Crippen LogP contribution in [0.5, 0.6) is 0 Å². The SMILES string of the molecule is CC(=O)Nc1cc(Cl)c(C)cc1/C=C/C(=O)N1CC2COCC(C1)N2Cc1ccc(F)cc1.CC(=O)Nc1cc(Cl)c(C)cc1/C=C/C(=O)O.Fc1ccc(CN2C3CNCC2COC3)cc1. The summed E-state index contributed by atoms with van der Waals surface area (Å²) < 4.78 is 37.4. The molecule has 0 aliphatic carbocycles. The van der Waals surface area contributed by atoms with Crippen LogP contribution in [0.4, 0.5) is 20.2 Å². The Morgan fingerprint density at radius 1 is 0.672 bits per heavy atom. The van der Waals surface area contributed by atoms with Crippen molar-refractivity contribution in [2.75, 3.05) is 63.2 Å². The number of carboxylic acids is 1. The number of anilines is 2. The summed E-state index contributed by atoms with van der Waals surface area (Å²) in [5, 5.41) is 18.4. The van der Waals surface area contributed by atoms with Gasteiger partial charge in [-0.1, -0.05) is 47.5 Å². The predicted molar refractivity (Wildman–Crippen MR) is 257 cm³/mol. The molecule has 4 heterocycles. The molecule has 4 saturated heterocycles. The minimum absolute atomic E-state index is 0.0765. The van der Waals surface area contributed by atoms with Gasteiger partial charge in [0.15, 0.2) is 0 Å². The molecule has 4 bridgehead atoms. The third kappa shape index (κ3) is 14.7. The lowest BCUT2D eigenvalue weighted by Crippen LogP contribution is -2.64. The minimum atomic E-state index is -1.05. The number of hydrogen-bond acceptors (Lipinski definition) is 9. The quantitative estimate of drug-likeness (QED) is 0.117. The number of carbonyl (C=O) groups excluding carboxylic acids is 3. The van der Waals surface area contributed by atoms with Gasteiger partial charge in [-0.05, 0) is 108 Å². The Bertz CT molecular complexity index is 2420. The first-order valence-electron chi connectivity index (χ1n) is 21.9. The maximum Gasteiger partial charge on any atom is 0.328 e. The van der Waals surface area contributed by atoms with Crippen molar-refractivity contribution in [2.45, 2.75) is 65.0 Å². The summed E-state index contributed by atoms with van der Waals surface area (Å²) in [6.45, 7) is 13.8. The smallest absolute Gasteiger partial charge is 0.328 e. The van der Waals surface area contributed by atoms with Crippen LogP contribution in [-0.4, -0.2) is 120 Å². The number of ether oxygens (including phenoxy) is 2. The average molecular weight is 962 g/mol. The molecule has 4 aromatic rings. The first-order valence-corrected chi connectivity index (χ1v) is 22.7. The molecule has 13 nitrogen and oxygen atoms in total. The van der Waals surface area contributed by atoms with Gasteiger partial charge in [0, 0.05) is 98.8 Å². The second kappa shape index (κ2) is 24.0. The Morgan fingerprint density at radius 3 is 1.49 bits per heavy atom. The summed E-state index contributed by atoms with van der Waals surface area (Å²) in [7, 11) is 0. The van der Waals surface area contributed by atoms with Gasteiger partial charge in [0.05, 0.1) is 38.5 Å². The number of amides is 3. The predicted octanol–water partition coefficient (Wildman–Crippen LogP) is 7.57. The number of morpholine rings is 2. The number of nitrogens with zero attached hydrogens (tertiary/aromatic N) is 3. The molecule has 356 valence electrons. The summed E-state index contributed by atoms with van der Waals surface area (Å²) in [6, 6.07) is 21.3. The Kier molecular flexibility index (Phi) is 18.2. The largest absolute Gasteiger partial charge is 0.478 e. The first kappa shape index (κ1) is 50.9. The summed E-state index contributed by atoms with van der Waals surface area (Å²) in [4.78, 5) is 52.7. The van der Waals surface area contributed by atoms with E-state index in [0.717, 1.165) is 61.2 Å². The maximum atomic E-state index is 13.2. The van der Waals surface area contributed by atoms with Gasteiger partial charge in [0.25, 0.3) is 0 Å². The maximum absolute atomic E-state index is 13.2. The van der Waals surface area contributed by atoms with Crippen molar-refractivity contribution in [2.24, 2.45) is 0 Å². The van der Waals surface area contributed by atoms with Gasteiger partial charge >= 0.3 is 5.97 Å². The molecule has 0 spiro atoms. The standard InChI is InChI=1S/C25H27ClFN3O3.C13H17FN2O.C12H12ClNO3/c1-16-9-19(24(10-23(16)26)28-17(2)31)5-8-25(32)29-12-21-14-33-15-22(13-29)30(21)11-18-3-6-20(27)7-4-18;14-11-3-1-10(2-4-11)7-16-12-5-15-6-13(16)9-17-8-12;1-7-5-9(3-4-12(16)17)11(6-10(7)13)14-8(2)15/h3-10,21-22H,11-15H2,1-2H3,(H,28,31);1-4,12-13,15H,5-9H2;3-6H,1-2H3,(H,14,15)(H,16,17)/b8-5+;;4-3+. The number of halogens is 4. The van der Waals surface area contributed by atoms with Crippen LogP contribution in [0.15, 0.2) is 84.9 Å². The van der Waals surface area contributed by atoms with E-state index in [0.29, 0.717) is 71.9 Å². The lowest BCUT2D eigenvalue weighted by Gasteiger charge is -2.49. The molecule has 17 heteroatoms. The molecule has 8 rings (SSSR count). The zero-order valence-electron chi connectivity index (χ0n) is 37.9. The Morgan fingerprint density at radius 2 is 1.07 bits per heavy atom. The molecular weight excluding hydrogens is 905 g/mol. The van der Waals surface area contributed by atoms with Crippen molar-refractivity contribution in [3.8, 4) is 0 Å². The van der Waals surface area contributed by atoms with Crippen LogP contribution in [0.25, 0.3) is 12.2 Å². The van der Waals surface area contributed by atoms with Gasteiger partial charge in [-0.15, -0.1) is 0 Å². The van der Waals surface area contributed by atoms with Gasteiger partial charge < -0.3 is 35.4 Å². The number of nitrogens with one attached hydrogen (secondary N) is 3. The average Bonchev–Trinajstić information content (AvgIpc) is 3.26. The van der Waals surface area contributed by atoms with E-state index in [9.17, 15) is 28.0 Å².